The Kier molecular flexibility index (Phi) is 5.63. The number of hydrogen-bond donors (Lipinski definition) is 2. The summed E-state index contributed by atoms with van der Waals surface area (Å²) in [6.07, 6.45) is 5.50. The third-order valence-electron chi connectivity index (χ3n) is 3.32. The molecule has 19 heavy (non-hydrogen) atoms. The molecule has 0 aromatic rings. The van der Waals surface area contributed by atoms with E-state index >= 15 is 0 Å². The van der Waals surface area contributed by atoms with Crippen LogP contribution in [-0.4, -0.2) is 28.8 Å². The van der Waals surface area contributed by atoms with Crippen molar-refractivity contribution >= 4 is 12.1 Å². The molecule has 2 N–H and O–H groups in total. The molecule has 0 aliphatic heterocycles. The van der Waals surface area contributed by atoms with E-state index in [1.54, 1.807) is 20.8 Å². The third kappa shape index (κ3) is 6.45. The molecule has 5 heteroatoms. The summed E-state index contributed by atoms with van der Waals surface area (Å²) in [4.78, 5) is 22.6. The molecule has 0 radical (unpaired) electrons. The molecule has 1 rings (SSSR count). The van der Waals surface area contributed by atoms with Gasteiger partial charge in [0.1, 0.15) is 11.6 Å². The van der Waals surface area contributed by atoms with Crippen molar-refractivity contribution in [3.63, 3.8) is 0 Å². The summed E-state index contributed by atoms with van der Waals surface area (Å²) in [5.41, 5.74) is -0.612. The first-order valence-corrected chi connectivity index (χ1v) is 7.00. The van der Waals surface area contributed by atoms with Crippen LogP contribution in [-0.2, 0) is 9.53 Å². The van der Waals surface area contributed by atoms with Gasteiger partial charge in [0.15, 0.2) is 0 Å². The topological polar surface area (TPSA) is 75.6 Å². The zero-order valence-electron chi connectivity index (χ0n) is 12.1. The van der Waals surface area contributed by atoms with Crippen molar-refractivity contribution < 1.29 is 19.4 Å². The maximum absolute atomic E-state index is 11.5. The summed E-state index contributed by atoms with van der Waals surface area (Å²) in [6, 6.07) is -0.852. The first-order valence-electron chi connectivity index (χ1n) is 7.00. The first kappa shape index (κ1) is 15.8. The number of carboxylic acid groups (broad SMARTS) is 1. The van der Waals surface area contributed by atoms with Gasteiger partial charge in [-0.1, -0.05) is 32.1 Å². The Labute approximate surface area is 114 Å². The number of nitrogens with one attached hydrogen (secondary N) is 1. The summed E-state index contributed by atoms with van der Waals surface area (Å²) in [5.74, 6) is -0.240. The second-order valence-electron chi connectivity index (χ2n) is 6.26. The van der Waals surface area contributed by atoms with Gasteiger partial charge in [0.25, 0.3) is 0 Å². The van der Waals surface area contributed by atoms with Gasteiger partial charge >= 0.3 is 12.1 Å². The van der Waals surface area contributed by atoms with E-state index < -0.39 is 23.7 Å². The maximum atomic E-state index is 11.5. The van der Waals surface area contributed by atoms with Crippen LogP contribution in [0.4, 0.5) is 4.79 Å². The molecule has 1 aliphatic rings. The fourth-order valence-electron chi connectivity index (χ4n) is 2.10. The average molecular weight is 271 g/mol. The minimum absolute atomic E-state index is 0.463. The summed E-state index contributed by atoms with van der Waals surface area (Å²) in [5, 5.41) is 11.5. The van der Waals surface area contributed by atoms with Crippen molar-refractivity contribution in [3.05, 3.63) is 0 Å². The van der Waals surface area contributed by atoms with Crippen molar-refractivity contribution in [3.8, 4) is 0 Å². The van der Waals surface area contributed by atoms with Gasteiger partial charge in [-0.2, -0.15) is 0 Å². The van der Waals surface area contributed by atoms with Gasteiger partial charge in [0.05, 0.1) is 0 Å². The van der Waals surface area contributed by atoms with Crippen molar-refractivity contribution in [2.45, 2.75) is 70.9 Å². The number of ether oxygens (including phenoxy) is 1. The molecule has 0 aromatic heterocycles. The molecule has 0 heterocycles. The van der Waals surface area contributed by atoms with E-state index in [1.807, 2.05) is 0 Å². The Hall–Kier alpha value is -1.26. The Bertz CT molecular complexity index is 318. The molecule has 1 aliphatic carbocycles. The summed E-state index contributed by atoms with van der Waals surface area (Å²) < 4.78 is 5.06. The highest BCUT2D eigenvalue weighted by Crippen LogP contribution is 2.30. The van der Waals surface area contributed by atoms with E-state index in [9.17, 15) is 9.59 Å². The molecule has 110 valence electrons. The van der Waals surface area contributed by atoms with Crippen LogP contribution in [0.5, 0.6) is 0 Å². The van der Waals surface area contributed by atoms with E-state index in [1.165, 1.54) is 19.3 Å². The molecule has 1 saturated carbocycles. The molecule has 0 bridgehead atoms. The highest BCUT2D eigenvalue weighted by Gasteiger charge is 2.24. The molecule has 5 nitrogen and oxygen atoms in total. The second-order valence-corrected chi connectivity index (χ2v) is 6.26. The largest absolute Gasteiger partial charge is 0.480 e. The van der Waals surface area contributed by atoms with Crippen LogP contribution < -0.4 is 5.32 Å². The lowest BCUT2D eigenvalue weighted by atomic mass is 9.81. The van der Waals surface area contributed by atoms with E-state index in [0.29, 0.717) is 6.42 Å². The fraction of sp³-hybridized carbons (Fsp3) is 0.857. The molecule has 1 atom stereocenters. The SMILES string of the molecule is CC(C)(C)OC(=O)NC(CCCC1CCC1)C(=O)O. The van der Waals surface area contributed by atoms with Crippen molar-refractivity contribution in [1.82, 2.24) is 5.32 Å². The van der Waals surface area contributed by atoms with E-state index in [4.69, 9.17) is 9.84 Å². The van der Waals surface area contributed by atoms with Crippen molar-refractivity contribution in [2.75, 3.05) is 0 Å². The van der Waals surface area contributed by atoms with Crippen LogP contribution in [0.15, 0.2) is 0 Å². The maximum Gasteiger partial charge on any atom is 0.408 e. The third-order valence-corrected chi connectivity index (χ3v) is 3.32. The summed E-state index contributed by atoms with van der Waals surface area (Å²) in [6.45, 7) is 5.25. The molecule has 1 fully saturated rings. The van der Waals surface area contributed by atoms with Gasteiger partial charge in [0.2, 0.25) is 0 Å². The van der Waals surface area contributed by atoms with Gasteiger partial charge in [-0.05, 0) is 33.1 Å². The summed E-state index contributed by atoms with van der Waals surface area (Å²) >= 11 is 0. The Morgan fingerprint density at radius 2 is 2.00 bits per heavy atom. The van der Waals surface area contributed by atoms with Gasteiger partial charge in [-0.3, -0.25) is 0 Å². The van der Waals surface area contributed by atoms with E-state index in [0.717, 1.165) is 18.8 Å². The van der Waals surface area contributed by atoms with Gasteiger partial charge in [0, 0.05) is 0 Å². The monoisotopic (exact) mass is 271 g/mol. The lowest BCUT2D eigenvalue weighted by Gasteiger charge is -2.26. The van der Waals surface area contributed by atoms with E-state index in [-0.39, 0.29) is 0 Å². The quantitative estimate of drug-likeness (QED) is 0.778. The molecule has 1 amide bonds. The van der Waals surface area contributed by atoms with Crippen LogP contribution in [0.1, 0.15) is 59.3 Å². The second kappa shape index (κ2) is 6.78. The van der Waals surface area contributed by atoms with Crippen LogP contribution in [0, 0.1) is 5.92 Å². The van der Waals surface area contributed by atoms with Crippen molar-refractivity contribution in [1.29, 1.82) is 0 Å². The molecular weight excluding hydrogens is 246 g/mol. The highest BCUT2D eigenvalue weighted by molar-refractivity contribution is 5.79. The number of carbonyl (C=O) groups excluding carboxylic acids is 1. The number of carboxylic acids is 1. The predicted octanol–water partition coefficient (Wildman–Crippen LogP) is 2.93. The minimum atomic E-state index is -1.00. The Morgan fingerprint density at radius 1 is 1.37 bits per heavy atom. The summed E-state index contributed by atoms with van der Waals surface area (Å²) in [7, 11) is 0. The predicted molar refractivity (Wildman–Crippen MR) is 72.0 cm³/mol. The van der Waals surface area contributed by atoms with Gasteiger partial charge < -0.3 is 15.2 Å². The lowest BCUT2D eigenvalue weighted by Crippen LogP contribution is -2.43. The normalized spacial score (nSPS) is 17.4. The van der Waals surface area contributed by atoms with Gasteiger partial charge in [-0.25, -0.2) is 9.59 Å². The smallest absolute Gasteiger partial charge is 0.408 e. The molecule has 1 unspecified atom stereocenters. The molecule has 0 saturated heterocycles. The Morgan fingerprint density at radius 3 is 2.42 bits per heavy atom. The molecule has 0 spiro atoms. The molecule has 0 aromatic carbocycles. The number of rotatable bonds is 6. The van der Waals surface area contributed by atoms with Gasteiger partial charge in [-0.15, -0.1) is 0 Å². The standard InChI is InChI=1S/C14H25NO4/c1-14(2,3)19-13(18)15-11(12(16)17)9-5-8-10-6-4-7-10/h10-11H,4-9H2,1-3H3,(H,15,18)(H,16,17). The number of hydrogen-bond acceptors (Lipinski definition) is 3. The average Bonchev–Trinajstić information content (AvgIpc) is 2.16. The van der Waals surface area contributed by atoms with Crippen LogP contribution >= 0.6 is 0 Å². The number of alkyl carbamates (subject to hydrolysis) is 1. The zero-order chi connectivity index (χ0) is 14.5. The van der Waals surface area contributed by atoms with Crippen LogP contribution in [0.3, 0.4) is 0 Å². The lowest BCUT2D eigenvalue weighted by molar-refractivity contribution is -0.139. The number of aliphatic carboxylic acids is 1. The molecular formula is C14H25NO4. The zero-order valence-corrected chi connectivity index (χ0v) is 12.1. The van der Waals surface area contributed by atoms with E-state index in [2.05, 4.69) is 5.32 Å². The minimum Gasteiger partial charge on any atom is -0.480 e. The first-order chi connectivity index (χ1) is 8.78. The van der Waals surface area contributed by atoms with Crippen LogP contribution in [0.25, 0.3) is 0 Å². The number of carbonyl (C=O) groups is 2. The Balaban J connectivity index is 2.30. The number of amides is 1. The highest BCUT2D eigenvalue weighted by atomic mass is 16.6. The van der Waals surface area contributed by atoms with Crippen LogP contribution in [0.2, 0.25) is 0 Å². The fourth-order valence-corrected chi connectivity index (χ4v) is 2.10. The van der Waals surface area contributed by atoms with Crippen molar-refractivity contribution in [2.24, 2.45) is 5.92 Å².